The largest absolute Gasteiger partial charge is 0.350 e. The van der Waals surface area contributed by atoms with Gasteiger partial charge in [-0.15, -0.1) is 12.4 Å². The highest BCUT2D eigenvalue weighted by molar-refractivity contribution is 5.85. The van der Waals surface area contributed by atoms with Crippen LogP contribution in [0.3, 0.4) is 0 Å². The van der Waals surface area contributed by atoms with Crippen molar-refractivity contribution in [2.24, 2.45) is 11.1 Å². The first kappa shape index (κ1) is 20.2. The van der Waals surface area contributed by atoms with Gasteiger partial charge in [0.25, 0.3) is 0 Å². The second-order valence-electron chi connectivity index (χ2n) is 7.02. The predicted molar refractivity (Wildman–Crippen MR) is 87.3 cm³/mol. The molecule has 0 unspecified atom stereocenters. The molecular formula is C15H30ClN3O2. The molecule has 0 radical (unpaired) electrons. The number of carbonyl (C=O) groups excluding carboxylic acids is 2. The molecule has 1 aliphatic rings. The standard InChI is InChI=1S/C15H29N3O2.ClH/c1-14(2,3)18-13(20)10-17-12(19)9-15(11-16)7-5-4-6-8-15;/h4-11,16H2,1-3H3,(H,17,19)(H,18,20);1H. The maximum absolute atomic E-state index is 12.0. The second kappa shape index (κ2) is 8.59. The third-order valence-electron chi connectivity index (χ3n) is 3.84. The molecule has 0 aromatic rings. The van der Waals surface area contributed by atoms with Crippen molar-refractivity contribution in [1.82, 2.24) is 10.6 Å². The van der Waals surface area contributed by atoms with Crippen molar-refractivity contribution >= 4 is 24.2 Å². The van der Waals surface area contributed by atoms with Gasteiger partial charge in [0.15, 0.2) is 0 Å². The monoisotopic (exact) mass is 319 g/mol. The fraction of sp³-hybridized carbons (Fsp3) is 0.867. The molecule has 0 aromatic carbocycles. The lowest BCUT2D eigenvalue weighted by Crippen LogP contribution is -2.47. The summed E-state index contributed by atoms with van der Waals surface area (Å²) in [7, 11) is 0. The molecule has 124 valence electrons. The van der Waals surface area contributed by atoms with Crippen LogP contribution in [-0.4, -0.2) is 30.4 Å². The van der Waals surface area contributed by atoms with E-state index in [2.05, 4.69) is 10.6 Å². The summed E-state index contributed by atoms with van der Waals surface area (Å²) >= 11 is 0. The van der Waals surface area contributed by atoms with E-state index in [0.717, 1.165) is 25.7 Å². The number of hydrogen-bond donors (Lipinski definition) is 3. The van der Waals surface area contributed by atoms with Gasteiger partial charge in [-0.3, -0.25) is 9.59 Å². The van der Waals surface area contributed by atoms with Gasteiger partial charge in [0.2, 0.25) is 11.8 Å². The fourth-order valence-corrected chi connectivity index (χ4v) is 2.80. The van der Waals surface area contributed by atoms with Gasteiger partial charge in [0.05, 0.1) is 6.54 Å². The Morgan fingerprint density at radius 1 is 1.10 bits per heavy atom. The van der Waals surface area contributed by atoms with Crippen molar-refractivity contribution in [3.63, 3.8) is 0 Å². The highest BCUT2D eigenvalue weighted by Crippen LogP contribution is 2.38. The van der Waals surface area contributed by atoms with Gasteiger partial charge in [-0.25, -0.2) is 0 Å². The Bertz CT molecular complexity index is 347. The van der Waals surface area contributed by atoms with E-state index in [1.807, 2.05) is 20.8 Å². The molecule has 6 heteroatoms. The molecule has 0 spiro atoms. The maximum Gasteiger partial charge on any atom is 0.239 e. The molecule has 0 saturated heterocycles. The Morgan fingerprint density at radius 3 is 2.14 bits per heavy atom. The number of nitrogens with one attached hydrogen (secondary N) is 2. The van der Waals surface area contributed by atoms with Crippen LogP contribution < -0.4 is 16.4 Å². The first-order chi connectivity index (χ1) is 9.26. The topological polar surface area (TPSA) is 84.2 Å². The van der Waals surface area contributed by atoms with Gasteiger partial charge in [-0.05, 0) is 45.6 Å². The van der Waals surface area contributed by atoms with E-state index in [0.29, 0.717) is 13.0 Å². The Labute approximate surface area is 134 Å². The third kappa shape index (κ3) is 7.67. The van der Waals surface area contributed by atoms with Crippen molar-refractivity contribution in [1.29, 1.82) is 0 Å². The average molecular weight is 320 g/mol. The predicted octanol–water partition coefficient (Wildman–Crippen LogP) is 1.74. The SMILES string of the molecule is CC(C)(C)NC(=O)CNC(=O)CC1(CN)CCCCC1.Cl. The molecule has 1 fully saturated rings. The van der Waals surface area contributed by atoms with Gasteiger partial charge in [-0.2, -0.15) is 0 Å². The molecule has 2 amide bonds. The van der Waals surface area contributed by atoms with E-state index in [1.54, 1.807) is 0 Å². The number of halogens is 1. The number of rotatable bonds is 5. The van der Waals surface area contributed by atoms with E-state index in [-0.39, 0.29) is 41.7 Å². The number of hydrogen-bond acceptors (Lipinski definition) is 3. The van der Waals surface area contributed by atoms with E-state index in [4.69, 9.17) is 5.73 Å². The molecule has 1 saturated carbocycles. The molecule has 4 N–H and O–H groups in total. The van der Waals surface area contributed by atoms with Gasteiger partial charge >= 0.3 is 0 Å². The van der Waals surface area contributed by atoms with Crippen LogP contribution in [0.5, 0.6) is 0 Å². The minimum Gasteiger partial charge on any atom is -0.350 e. The van der Waals surface area contributed by atoms with Crippen LogP contribution >= 0.6 is 12.4 Å². The summed E-state index contributed by atoms with van der Waals surface area (Å²) in [5, 5.41) is 5.53. The van der Waals surface area contributed by atoms with Crippen LogP contribution in [0.25, 0.3) is 0 Å². The van der Waals surface area contributed by atoms with Gasteiger partial charge < -0.3 is 16.4 Å². The quantitative estimate of drug-likeness (QED) is 0.721. The summed E-state index contributed by atoms with van der Waals surface area (Å²) in [6, 6.07) is 0. The van der Waals surface area contributed by atoms with E-state index >= 15 is 0 Å². The van der Waals surface area contributed by atoms with Crippen LogP contribution in [0, 0.1) is 5.41 Å². The Kier molecular flexibility index (Phi) is 8.26. The van der Waals surface area contributed by atoms with E-state index in [9.17, 15) is 9.59 Å². The second-order valence-corrected chi connectivity index (χ2v) is 7.02. The van der Waals surface area contributed by atoms with Gasteiger partial charge in [0, 0.05) is 12.0 Å². The lowest BCUT2D eigenvalue weighted by Gasteiger charge is -2.35. The molecular weight excluding hydrogens is 290 g/mol. The highest BCUT2D eigenvalue weighted by Gasteiger charge is 2.33. The zero-order chi connectivity index (χ0) is 15.2. The number of carbonyl (C=O) groups is 2. The minimum absolute atomic E-state index is 0. The van der Waals surface area contributed by atoms with Crippen molar-refractivity contribution in [3.8, 4) is 0 Å². The van der Waals surface area contributed by atoms with Gasteiger partial charge in [-0.1, -0.05) is 19.3 Å². The van der Waals surface area contributed by atoms with E-state index < -0.39 is 0 Å². The molecule has 0 heterocycles. The fourth-order valence-electron chi connectivity index (χ4n) is 2.80. The van der Waals surface area contributed by atoms with Crippen LogP contribution in [-0.2, 0) is 9.59 Å². The maximum atomic E-state index is 12.0. The molecule has 1 rings (SSSR count). The molecule has 5 nitrogen and oxygen atoms in total. The summed E-state index contributed by atoms with van der Waals surface area (Å²) in [5.74, 6) is -0.224. The number of amides is 2. The number of nitrogens with two attached hydrogens (primary N) is 1. The Balaban J connectivity index is 0.00000400. The molecule has 0 atom stereocenters. The minimum atomic E-state index is -0.274. The first-order valence-corrected chi connectivity index (χ1v) is 7.54. The average Bonchev–Trinajstić information content (AvgIpc) is 2.35. The molecule has 1 aliphatic carbocycles. The lowest BCUT2D eigenvalue weighted by atomic mass is 9.71. The Hall–Kier alpha value is -0.810. The van der Waals surface area contributed by atoms with Crippen molar-refractivity contribution in [2.75, 3.05) is 13.1 Å². The molecule has 0 bridgehead atoms. The lowest BCUT2D eigenvalue weighted by molar-refractivity contribution is -0.128. The zero-order valence-corrected chi connectivity index (χ0v) is 14.3. The first-order valence-electron chi connectivity index (χ1n) is 7.54. The highest BCUT2D eigenvalue weighted by atomic mass is 35.5. The van der Waals surface area contributed by atoms with Crippen LogP contribution in [0.4, 0.5) is 0 Å². The van der Waals surface area contributed by atoms with Gasteiger partial charge in [0.1, 0.15) is 0 Å². The zero-order valence-electron chi connectivity index (χ0n) is 13.5. The third-order valence-corrected chi connectivity index (χ3v) is 3.84. The summed E-state index contributed by atoms with van der Waals surface area (Å²) in [4.78, 5) is 23.7. The van der Waals surface area contributed by atoms with Crippen molar-refractivity contribution in [3.05, 3.63) is 0 Å². The van der Waals surface area contributed by atoms with Crippen LogP contribution in [0.15, 0.2) is 0 Å². The molecule has 0 aromatic heterocycles. The van der Waals surface area contributed by atoms with Crippen molar-refractivity contribution < 1.29 is 9.59 Å². The summed E-state index contributed by atoms with van der Waals surface area (Å²) < 4.78 is 0. The summed E-state index contributed by atoms with van der Waals surface area (Å²) in [6.07, 6.45) is 6.00. The Morgan fingerprint density at radius 2 is 1.67 bits per heavy atom. The van der Waals surface area contributed by atoms with Crippen LogP contribution in [0.1, 0.15) is 59.3 Å². The molecule has 21 heavy (non-hydrogen) atoms. The summed E-state index contributed by atoms with van der Waals surface area (Å²) in [6.45, 7) is 6.33. The normalized spacial score (nSPS) is 17.5. The van der Waals surface area contributed by atoms with Crippen LogP contribution in [0.2, 0.25) is 0 Å². The van der Waals surface area contributed by atoms with E-state index in [1.165, 1.54) is 6.42 Å². The summed E-state index contributed by atoms with van der Waals surface area (Å²) in [5.41, 5.74) is 5.54. The smallest absolute Gasteiger partial charge is 0.239 e. The van der Waals surface area contributed by atoms with Crippen molar-refractivity contribution in [2.45, 2.75) is 64.8 Å². The molecule has 0 aliphatic heterocycles.